The van der Waals surface area contributed by atoms with Crippen molar-refractivity contribution in [2.45, 2.75) is 32.4 Å². The van der Waals surface area contributed by atoms with E-state index in [0.717, 1.165) is 24.9 Å². The van der Waals surface area contributed by atoms with Crippen molar-refractivity contribution in [3.63, 3.8) is 0 Å². The smallest absolute Gasteiger partial charge is 0.338 e. The summed E-state index contributed by atoms with van der Waals surface area (Å²) >= 11 is 0. The van der Waals surface area contributed by atoms with E-state index in [2.05, 4.69) is 5.32 Å². The first-order valence-electron chi connectivity index (χ1n) is 6.20. The van der Waals surface area contributed by atoms with Crippen molar-refractivity contribution in [1.82, 2.24) is 5.32 Å². The van der Waals surface area contributed by atoms with Crippen LogP contribution in [0.25, 0.3) is 0 Å². The molecule has 1 aromatic carbocycles. The monoisotopic (exact) mass is 251 g/mol. The van der Waals surface area contributed by atoms with E-state index in [-0.39, 0.29) is 12.1 Å². The second-order valence-electron chi connectivity index (χ2n) is 4.32. The fraction of sp³-hybridized carbons (Fsp3) is 0.500. The molecule has 100 valence electrons. The Hall–Kier alpha value is -1.39. The lowest BCUT2D eigenvalue weighted by atomic mass is 10.1. The van der Waals surface area contributed by atoms with Crippen LogP contribution in [0.4, 0.5) is 0 Å². The predicted octanol–water partition coefficient (Wildman–Crippen LogP) is 1.72. The van der Waals surface area contributed by atoms with E-state index in [0.29, 0.717) is 12.1 Å². The van der Waals surface area contributed by atoms with Gasteiger partial charge in [-0.1, -0.05) is 18.2 Å². The molecule has 0 saturated heterocycles. The third kappa shape index (κ3) is 4.85. The summed E-state index contributed by atoms with van der Waals surface area (Å²) in [6, 6.07) is 7.40. The second-order valence-corrected chi connectivity index (χ2v) is 4.32. The fourth-order valence-corrected chi connectivity index (χ4v) is 1.73. The number of hydrogen-bond acceptors (Lipinski definition) is 4. The molecule has 2 N–H and O–H groups in total. The van der Waals surface area contributed by atoms with Gasteiger partial charge in [0.25, 0.3) is 0 Å². The maximum Gasteiger partial charge on any atom is 0.338 e. The summed E-state index contributed by atoms with van der Waals surface area (Å²) in [6.07, 6.45) is 1.44. The zero-order valence-electron chi connectivity index (χ0n) is 11.0. The Morgan fingerprint density at radius 2 is 2.17 bits per heavy atom. The highest BCUT2D eigenvalue weighted by molar-refractivity contribution is 5.90. The Labute approximate surface area is 108 Å². The third-order valence-corrected chi connectivity index (χ3v) is 2.71. The molecule has 1 atom stereocenters. The number of aliphatic hydroxyl groups is 1. The summed E-state index contributed by atoms with van der Waals surface area (Å²) in [7, 11) is 1.38. The molecule has 0 aromatic heterocycles. The number of carbonyl (C=O) groups is 1. The Morgan fingerprint density at radius 3 is 2.83 bits per heavy atom. The van der Waals surface area contributed by atoms with Crippen molar-refractivity contribution in [2.24, 2.45) is 0 Å². The quantitative estimate of drug-likeness (QED) is 0.572. The number of esters is 1. The van der Waals surface area contributed by atoms with Crippen LogP contribution in [-0.4, -0.2) is 30.8 Å². The Morgan fingerprint density at radius 1 is 1.44 bits per heavy atom. The lowest BCUT2D eigenvalue weighted by Crippen LogP contribution is -2.18. The van der Waals surface area contributed by atoms with E-state index in [9.17, 15) is 4.79 Å². The number of nitrogens with one attached hydrogen (secondary N) is 1. The molecule has 4 nitrogen and oxygen atoms in total. The molecule has 1 unspecified atom stereocenters. The van der Waals surface area contributed by atoms with Gasteiger partial charge in [0.1, 0.15) is 0 Å². The summed E-state index contributed by atoms with van der Waals surface area (Å²) < 4.78 is 4.74. The number of rotatable bonds is 7. The lowest BCUT2D eigenvalue weighted by molar-refractivity contribution is 0.0599. The van der Waals surface area contributed by atoms with Crippen LogP contribution in [-0.2, 0) is 11.3 Å². The van der Waals surface area contributed by atoms with Gasteiger partial charge in [-0.15, -0.1) is 0 Å². The van der Waals surface area contributed by atoms with E-state index in [1.54, 1.807) is 13.0 Å². The third-order valence-electron chi connectivity index (χ3n) is 2.71. The molecule has 0 aliphatic carbocycles. The van der Waals surface area contributed by atoms with Crippen LogP contribution in [0.2, 0.25) is 0 Å². The second kappa shape index (κ2) is 7.84. The fourth-order valence-electron chi connectivity index (χ4n) is 1.73. The first-order chi connectivity index (χ1) is 8.65. The number of ether oxygens (including phenoxy) is 1. The molecule has 0 fully saturated rings. The zero-order valence-corrected chi connectivity index (χ0v) is 11.0. The summed E-state index contributed by atoms with van der Waals surface area (Å²) in [6.45, 7) is 3.23. The molecular formula is C14H21NO3. The van der Waals surface area contributed by atoms with Gasteiger partial charge in [0.05, 0.1) is 18.8 Å². The van der Waals surface area contributed by atoms with Crippen molar-refractivity contribution < 1.29 is 14.6 Å². The van der Waals surface area contributed by atoms with Crippen molar-refractivity contribution in [1.29, 1.82) is 0 Å². The number of aliphatic hydroxyl groups excluding tert-OH is 1. The maximum atomic E-state index is 11.5. The first kappa shape index (κ1) is 14.7. The number of carbonyl (C=O) groups excluding carboxylic acids is 1. The molecular weight excluding hydrogens is 230 g/mol. The lowest BCUT2D eigenvalue weighted by Gasteiger charge is -2.09. The van der Waals surface area contributed by atoms with Gasteiger partial charge in [0.2, 0.25) is 0 Å². The minimum absolute atomic E-state index is 0.255. The Balaban J connectivity index is 2.44. The van der Waals surface area contributed by atoms with Crippen LogP contribution in [0.5, 0.6) is 0 Å². The van der Waals surface area contributed by atoms with Gasteiger partial charge in [-0.3, -0.25) is 0 Å². The van der Waals surface area contributed by atoms with Gasteiger partial charge in [0, 0.05) is 6.54 Å². The zero-order chi connectivity index (χ0) is 13.4. The molecule has 0 heterocycles. The van der Waals surface area contributed by atoms with Crippen LogP contribution < -0.4 is 5.32 Å². The number of methoxy groups -OCH3 is 1. The van der Waals surface area contributed by atoms with Gasteiger partial charge < -0.3 is 15.2 Å². The maximum absolute atomic E-state index is 11.5. The minimum Gasteiger partial charge on any atom is -0.465 e. The van der Waals surface area contributed by atoms with Gasteiger partial charge in [-0.25, -0.2) is 4.79 Å². The van der Waals surface area contributed by atoms with Gasteiger partial charge in [-0.2, -0.15) is 0 Å². The van der Waals surface area contributed by atoms with Crippen LogP contribution >= 0.6 is 0 Å². The summed E-state index contributed by atoms with van der Waals surface area (Å²) in [5.41, 5.74) is 1.53. The molecule has 1 aromatic rings. The van der Waals surface area contributed by atoms with Crippen molar-refractivity contribution in [3.8, 4) is 0 Å². The van der Waals surface area contributed by atoms with Crippen LogP contribution in [0.3, 0.4) is 0 Å². The topological polar surface area (TPSA) is 58.6 Å². The average Bonchev–Trinajstić information content (AvgIpc) is 2.37. The minimum atomic E-state index is -0.309. The molecule has 0 bridgehead atoms. The molecule has 18 heavy (non-hydrogen) atoms. The molecule has 0 aliphatic heterocycles. The van der Waals surface area contributed by atoms with Crippen LogP contribution in [0, 0.1) is 0 Å². The molecule has 0 amide bonds. The summed E-state index contributed by atoms with van der Waals surface area (Å²) in [4.78, 5) is 11.5. The molecule has 4 heteroatoms. The Kier molecular flexibility index (Phi) is 6.39. The first-order valence-corrected chi connectivity index (χ1v) is 6.20. The molecule has 1 rings (SSSR count). The summed E-state index contributed by atoms with van der Waals surface area (Å²) in [5, 5.41) is 12.4. The largest absolute Gasteiger partial charge is 0.465 e. The van der Waals surface area contributed by atoms with E-state index in [4.69, 9.17) is 9.84 Å². The highest BCUT2D eigenvalue weighted by atomic mass is 16.5. The number of hydrogen-bond donors (Lipinski definition) is 2. The van der Waals surface area contributed by atoms with Crippen molar-refractivity contribution >= 4 is 5.97 Å². The van der Waals surface area contributed by atoms with E-state index >= 15 is 0 Å². The SMILES string of the molecule is COC(=O)c1ccccc1CNCCCC(C)O. The van der Waals surface area contributed by atoms with Crippen molar-refractivity contribution in [2.75, 3.05) is 13.7 Å². The normalized spacial score (nSPS) is 12.2. The highest BCUT2D eigenvalue weighted by Gasteiger charge is 2.09. The van der Waals surface area contributed by atoms with Gasteiger partial charge in [-0.05, 0) is 37.9 Å². The van der Waals surface area contributed by atoms with Gasteiger partial charge >= 0.3 is 5.97 Å². The van der Waals surface area contributed by atoms with Gasteiger partial charge in [0.15, 0.2) is 0 Å². The highest BCUT2D eigenvalue weighted by Crippen LogP contribution is 2.09. The van der Waals surface area contributed by atoms with Crippen LogP contribution in [0.1, 0.15) is 35.7 Å². The summed E-state index contributed by atoms with van der Waals surface area (Å²) in [5.74, 6) is -0.309. The van der Waals surface area contributed by atoms with Crippen LogP contribution in [0.15, 0.2) is 24.3 Å². The molecule has 0 saturated carbocycles. The Bertz CT molecular complexity index is 377. The average molecular weight is 251 g/mol. The number of benzene rings is 1. The van der Waals surface area contributed by atoms with E-state index in [1.165, 1.54) is 7.11 Å². The van der Waals surface area contributed by atoms with E-state index in [1.807, 2.05) is 18.2 Å². The standard InChI is InChI=1S/C14H21NO3/c1-11(16)6-5-9-15-10-12-7-3-4-8-13(12)14(17)18-2/h3-4,7-8,11,15-16H,5-6,9-10H2,1-2H3. The predicted molar refractivity (Wildman–Crippen MR) is 70.4 cm³/mol. The van der Waals surface area contributed by atoms with Crippen molar-refractivity contribution in [3.05, 3.63) is 35.4 Å². The molecule has 0 spiro atoms. The molecule has 0 aliphatic rings. The molecule has 0 radical (unpaired) electrons. The van der Waals surface area contributed by atoms with E-state index < -0.39 is 0 Å².